The molecule has 5 heteroatoms. The molecule has 3 aliphatic rings. The molecule has 2 aliphatic carbocycles. The Hall–Kier alpha value is -2.66. The van der Waals surface area contributed by atoms with Crippen molar-refractivity contribution in [3.05, 3.63) is 54.3 Å². The Bertz CT molecular complexity index is 1000. The van der Waals surface area contributed by atoms with E-state index in [2.05, 4.69) is 35.3 Å². The van der Waals surface area contributed by atoms with Crippen LogP contribution in [0.25, 0.3) is 16.5 Å². The van der Waals surface area contributed by atoms with Crippen LogP contribution in [0.5, 0.6) is 5.75 Å². The van der Waals surface area contributed by atoms with Gasteiger partial charge in [0.2, 0.25) is 5.91 Å². The van der Waals surface area contributed by atoms with E-state index in [1.807, 2.05) is 23.2 Å². The Morgan fingerprint density at radius 2 is 2.00 bits per heavy atom. The van der Waals surface area contributed by atoms with Gasteiger partial charge in [0, 0.05) is 36.2 Å². The second kappa shape index (κ2) is 8.23. The second-order valence-corrected chi connectivity index (χ2v) is 8.48. The van der Waals surface area contributed by atoms with Gasteiger partial charge in [0.15, 0.2) is 0 Å². The van der Waals surface area contributed by atoms with Crippen molar-refractivity contribution in [1.82, 2.24) is 9.88 Å². The molecule has 1 atom stereocenters. The molecule has 30 heavy (non-hydrogen) atoms. The number of amides is 1. The lowest BCUT2D eigenvalue weighted by atomic mass is 9.98. The van der Waals surface area contributed by atoms with E-state index in [1.165, 1.54) is 5.57 Å². The van der Waals surface area contributed by atoms with Gasteiger partial charge in [0.05, 0.1) is 19.3 Å². The van der Waals surface area contributed by atoms with Gasteiger partial charge in [0.1, 0.15) is 11.3 Å². The number of pyridine rings is 1. The van der Waals surface area contributed by atoms with Crippen molar-refractivity contribution in [2.75, 3.05) is 20.2 Å². The number of para-hydroxylation sites is 1. The SMILES string of the molecule is COc1cccc2cc(C3=CCC(OC4CCN(C(=O)C5CC5)CC4)C=C3)cnc12. The number of benzene rings is 1. The number of carbonyl (C=O) groups excluding carboxylic acids is 1. The average Bonchev–Trinajstić information content (AvgIpc) is 3.64. The van der Waals surface area contributed by atoms with E-state index in [9.17, 15) is 4.79 Å². The molecule has 0 radical (unpaired) electrons. The highest BCUT2D eigenvalue weighted by atomic mass is 16.5. The van der Waals surface area contributed by atoms with Crippen LogP contribution >= 0.6 is 0 Å². The zero-order valence-electron chi connectivity index (χ0n) is 17.4. The summed E-state index contributed by atoms with van der Waals surface area (Å²) in [6.45, 7) is 1.67. The lowest BCUT2D eigenvalue weighted by molar-refractivity contribution is -0.135. The summed E-state index contributed by atoms with van der Waals surface area (Å²) < 4.78 is 11.7. The van der Waals surface area contributed by atoms with Crippen LogP contribution in [-0.4, -0.2) is 48.2 Å². The van der Waals surface area contributed by atoms with Crippen LogP contribution in [0.15, 0.2) is 48.7 Å². The topological polar surface area (TPSA) is 51.7 Å². The molecule has 1 amide bonds. The minimum Gasteiger partial charge on any atom is -0.494 e. The number of piperidine rings is 1. The molecule has 2 fully saturated rings. The number of allylic oxidation sites excluding steroid dienone is 2. The maximum absolute atomic E-state index is 12.2. The Morgan fingerprint density at radius 1 is 1.17 bits per heavy atom. The first-order valence-corrected chi connectivity index (χ1v) is 11.0. The van der Waals surface area contributed by atoms with E-state index in [0.29, 0.717) is 11.8 Å². The highest BCUT2D eigenvalue weighted by Crippen LogP contribution is 2.33. The molecule has 1 aromatic heterocycles. The van der Waals surface area contributed by atoms with Crippen molar-refractivity contribution < 1.29 is 14.3 Å². The smallest absolute Gasteiger partial charge is 0.225 e. The van der Waals surface area contributed by atoms with Gasteiger partial charge in [0.25, 0.3) is 0 Å². The molecule has 5 nitrogen and oxygen atoms in total. The minimum absolute atomic E-state index is 0.109. The van der Waals surface area contributed by atoms with Crippen LogP contribution < -0.4 is 4.74 Å². The number of ether oxygens (including phenoxy) is 2. The zero-order valence-corrected chi connectivity index (χ0v) is 17.4. The maximum atomic E-state index is 12.2. The van der Waals surface area contributed by atoms with E-state index in [0.717, 1.165) is 67.4 Å². The summed E-state index contributed by atoms with van der Waals surface area (Å²) in [5.74, 6) is 1.48. The van der Waals surface area contributed by atoms with Gasteiger partial charge in [-0.25, -0.2) is 0 Å². The molecular formula is C25H28N2O3. The molecule has 0 spiro atoms. The average molecular weight is 405 g/mol. The van der Waals surface area contributed by atoms with E-state index in [1.54, 1.807) is 7.11 Å². The van der Waals surface area contributed by atoms with Crippen LogP contribution in [0.2, 0.25) is 0 Å². The molecular weight excluding hydrogens is 376 g/mol. The summed E-state index contributed by atoms with van der Waals surface area (Å²) in [5, 5.41) is 1.08. The molecule has 1 aliphatic heterocycles. The molecule has 1 aromatic carbocycles. The number of hydrogen-bond acceptors (Lipinski definition) is 4. The Kier molecular flexibility index (Phi) is 5.30. The van der Waals surface area contributed by atoms with Crippen molar-refractivity contribution >= 4 is 22.4 Å². The molecule has 0 N–H and O–H groups in total. The summed E-state index contributed by atoms with van der Waals surface area (Å²) in [6.07, 6.45) is 13.7. The summed E-state index contributed by atoms with van der Waals surface area (Å²) >= 11 is 0. The first-order chi connectivity index (χ1) is 14.7. The number of fused-ring (bicyclic) bond motifs is 1. The molecule has 156 valence electrons. The van der Waals surface area contributed by atoms with Crippen molar-refractivity contribution in [2.24, 2.45) is 5.92 Å². The summed E-state index contributed by atoms with van der Waals surface area (Å²) in [4.78, 5) is 18.8. The molecule has 0 bridgehead atoms. The fraction of sp³-hybridized carbons (Fsp3) is 0.440. The lowest BCUT2D eigenvalue weighted by Gasteiger charge is -2.34. The van der Waals surface area contributed by atoms with Gasteiger partial charge in [-0.15, -0.1) is 0 Å². The Balaban J connectivity index is 1.18. The number of nitrogens with zero attached hydrogens (tertiary/aromatic N) is 2. The monoisotopic (exact) mass is 404 g/mol. The Labute approximate surface area is 177 Å². The number of rotatable bonds is 5. The van der Waals surface area contributed by atoms with Crippen molar-refractivity contribution in [3.63, 3.8) is 0 Å². The standard InChI is InChI=1S/C25H28N2O3/c1-29-23-4-2-3-19-15-20(16-26-24(19)23)17-7-9-21(10-8-17)30-22-11-13-27(14-12-22)25(28)18-5-6-18/h2-4,7-9,15-16,18,21-22H,5-6,10-14H2,1H3. The maximum Gasteiger partial charge on any atom is 0.225 e. The third-order valence-corrected chi connectivity index (χ3v) is 6.34. The molecule has 2 aromatic rings. The van der Waals surface area contributed by atoms with Gasteiger partial charge in [-0.3, -0.25) is 9.78 Å². The largest absolute Gasteiger partial charge is 0.494 e. The van der Waals surface area contributed by atoms with Gasteiger partial charge in [-0.2, -0.15) is 0 Å². The molecule has 1 saturated heterocycles. The predicted octanol–water partition coefficient (Wildman–Crippen LogP) is 4.37. The Morgan fingerprint density at radius 3 is 2.70 bits per heavy atom. The quantitative estimate of drug-likeness (QED) is 0.742. The first kappa shape index (κ1) is 19.3. The number of likely N-dealkylation sites (tertiary alicyclic amines) is 1. The van der Waals surface area contributed by atoms with Crippen LogP contribution in [-0.2, 0) is 9.53 Å². The van der Waals surface area contributed by atoms with Gasteiger partial charge in [-0.05, 0) is 49.8 Å². The van der Waals surface area contributed by atoms with Gasteiger partial charge < -0.3 is 14.4 Å². The predicted molar refractivity (Wildman–Crippen MR) is 117 cm³/mol. The number of hydrogen-bond donors (Lipinski definition) is 0. The summed E-state index contributed by atoms with van der Waals surface area (Å²) in [6, 6.07) is 8.15. The highest BCUT2D eigenvalue weighted by Gasteiger charge is 2.35. The normalized spacial score (nSPS) is 22.2. The van der Waals surface area contributed by atoms with Crippen molar-refractivity contribution in [2.45, 2.75) is 44.3 Å². The second-order valence-electron chi connectivity index (χ2n) is 8.48. The summed E-state index contributed by atoms with van der Waals surface area (Å²) in [7, 11) is 1.67. The third kappa shape index (κ3) is 3.99. The zero-order chi connectivity index (χ0) is 20.5. The fourth-order valence-corrected chi connectivity index (χ4v) is 4.42. The number of aromatic nitrogens is 1. The summed E-state index contributed by atoms with van der Waals surface area (Å²) in [5.41, 5.74) is 3.17. The molecule has 2 heterocycles. The van der Waals surface area contributed by atoms with Gasteiger partial charge >= 0.3 is 0 Å². The van der Waals surface area contributed by atoms with Crippen LogP contribution in [0, 0.1) is 5.92 Å². The number of methoxy groups -OCH3 is 1. The van der Waals surface area contributed by atoms with Crippen LogP contribution in [0.1, 0.15) is 37.7 Å². The van der Waals surface area contributed by atoms with Crippen molar-refractivity contribution in [1.29, 1.82) is 0 Å². The minimum atomic E-state index is 0.109. The number of carbonyl (C=O) groups is 1. The van der Waals surface area contributed by atoms with E-state index in [-0.39, 0.29) is 12.2 Å². The third-order valence-electron chi connectivity index (χ3n) is 6.34. The molecule has 5 rings (SSSR count). The van der Waals surface area contributed by atoms with E-state index < -0.39 is 0 Å². The molecule has 1 saturated carbocycles. The van der Waals surface area contributed by atoms with Crippen LogP contribution in [0.3, 0.4) is 0 Å². The lowest BCUT2D eigenvalue weighted by Crippen LogP contribution is -2.42. The first-order valence-electron chi connectivity index (χ1n) is 11.0. The van der Waals surface area contributed by atoms with E-state index in [4.69, 9.17) is 9.47 Å². The molecule has 1 unspecified atom stereocenters. The highest BCUT2D eigenvalue weighted by molar-refractivity contribution is 5.88. The fourth-order valence-electron chi connectivity index (χ4n) is 4.42. The van der Waals surface area contributed by atoms with Gasteiger partial charge in [-0.1, -0.05) is 30.4 Å². The van der Waals surface area contributed by atoms with Crippen molar-refractivity contribution in [3.8, 4) is 5.75 Å². The van der Waals surface area contributed by atoms with Crippen LogP contribution in [0.4, 0.5) is 0 Å². The van der Waals surface area contributed by atoms with E-state index >= 15 is 0 Å².